The predicted molar refractivity (Wildman–Crippen MR) is 25.2 cm³/mol. The second kappa shape index (κ2) is 4.35. The molecule has 5 heavy (non-hydrogen) atoms. The summed E-state index contributed by atoms with van der Waals surface area (Å²) >= 11 is 0.925. The Hall–Kier alpha value is 0.350. The summed E-state index contributed by atoms with van der Waals surface area (Å²) < 4.78 is 2.04. The van der Waals surface area contributed by atoms with Crippen LogP contribution in [0.2, 0.25) is 0 Å². The normalized spacial score (nSPS) is 8.80. The Bertz CT molecular complexity index is 45.6. The minimum absolute atomic E-state index is 0.925. The standard InChI is InChI=1S/C4H4.In.H/c1-3-4-2;;/h1-4H;;/q-1;;. The van der Waals surface area contributed by atoms with Gasteiger partial charge < -0.3 is 0 Å². The Morgan fingerprint density at radius 3 is 2.20 bits per heavy atom. The van der Waals surface area contributed by atoms with Gasteiger partial charge in [0.05, 0.1) is 0 Å². The molecule has 1 radical (unpaired) electrons. The van der Waals surface area contributed by atoms with E-state index in [1.807, 2.05) is 9.91 Å². The van der Waals surface area contributed by atoms with Crippen molar-refractivity contribution in [2.24, 2.45) is 0 Å². The zero-order chi connectivity index (χ0) is 4.12. The topological polar surface area (TPSA) is 0 Å². The third-order valence-electron chi connectivity index (χ3n) is 0.247. The third-order valence-corrected chi connectivity index (χ3v) is 1.02. The molecule has 0 bridgehead atoms. The van der Waals surface area contributed by atoms with Gasteiger partial charge in [-0.3, -0.25) is 0 Å². The molecule has 0 aromatic carbocycles. The zero-order valence-electron chi connectivity index (χ0n) is 3.02. The molecule has 0 saturated heterocycles. The van der Waals surface area contributed by atoms with E-state index >= 15 is 0 Å². The van der Waals surface area contributed by atoms with Crippen molar-refractivity contribution in [3.05, 3.63) is 22.6 Å². The van der Waals surface area contributed by atoms with Crippen LogP contribution in [0.3, 0.4) is 0 Å². The van der Waals surface area contributed by atoms with Crippen molar-refractivity contribution < 1.29 is 0 Å². The molecule has 0 atom stereocenters. The first-order chi connectivity index (χ1) is 2.41. The first kappa shape index (κ1) is 5.35. The fraction of sp³-hybridized carbons (Fsp3) is 0. The van der Waals surface area contributed by atoms with E-state index in [4.69, 9.17) is 6.58 Å². The molecule has 1 heteroatoms. The second-order valence-electron chi connectivity index (χ2n) is 0.621. The summed E-state index contributed by atoms with van der Waals surface area (Å²) in [7, 11) is 0. The van der Waals surface area contributed by atoms with Crippen molar-refractivity contribution in [3.8, 4) is 0 Å². The van der Waals surface area contributed by atoms with Crippen LogP contribution in [0.15, 0.2) is 16.0 Å². The Morgan fingerprint density at radius 1 is 1.60 bits per heavy atom. The third kappa shape index (κ3) is 4.35. The monoisotopic (exact) mass is 168 g/mol. The summed E-state index contributed by atoms with van der Waals surface area (Å²) in [5.74, 6) is 0. The molecule has 0 rings (SSSR count). The molecule has 0 aliphatic carbocycles. The summed E-state index contributed by atoms with van der Waals surface area (Å²) in [5, 5.41) is 0. The van der Waals surface area contributed by atoms with E-state index in [9.17, 15) is 0 Å². The van der Waals surface area contributed by atoms with E-state index in [1.165, 1.54) is 0 Å². The molecular formula is C4H5In-. The van der Waals surface area contributed by atoms with Crippen molar-refractivity contribution in [1.29, 1.82) is 0 Å². The second-order valence-corrected chi connectivity index (χ2v) is 1.97. The Balaban J connectivity index is 2.92. The van der Waals surface area contributed by atoms with Gasteiger partial charge in [-0.25, -0.2) is 0 Å². The van der Waals surface area contributed by atoms with Gasteiger partial charge in [0.2, 0.25) is 0 Å². The van der Waals surface area contributed by atoms with Gasteiger partial charge in [0, 0.05) is 0 Å². The van der Waals surface area contributed by atoms with Crippen LogP contribution in [0.4, 0.5) is 0 Å². The van der Waals surface area contributed by atoms with Crippen molar-refractivity contribution >= 4 is 24.4 Å². The van der Waals surface area contributed by atoms with E-state index in [-0.39, 0.29) is 0 Å². The van der Waals surface area contributed by atoms with Gasteiger partial charge in [0.1, 0.15) is 0 Å². The van der Waals surface area contributed by atoms with Crippen molar-refractivity contribution in [1.82, 2.24) is 0 Å². The Kier molecular flexibility index (Phi) is 4.65. The number of hydrogen-bond acceptors (Lipinski definition) is 0. The average molecular weight is 168 g/mol. The molecule has 0 N–H and O–H groups in total. The molecule has 0 fully saturated rings. The van der Waals surface area contributed by atoms with Gasteiger partial charge in [-0.05, 0) is 0 Å². The quantitative estimate of drug-likeness (QED) is 0.392. The maximum absolute atomic E-state index is 4.95. The van der Waals surface area contributed by atoms with Gasteiger partial charge in [-0.2, -0.15) is 0 Å². The van der Waals surface area contributed by atoms with Gasteiger partial charge >= 0.3 is 46.9 Å². The predicted octanol–water partition coefficient (Wildman–Crippen LogP) is 0.390. The molecule has 0 aromatic heterocycles. The molecule has 0 aliphatic rings. The van der Waals surface area contributed by atoms with Gasteiger partial charge in [0.25, 0.3) is 0 Å². The zero-order valence-corrected chi connectivity index (χ0v) is 7.05. The van der Waals surface area contributed by atoms with Crippen LogP contribution in [0.5, 0.6) is 0 Å². The van der Waals surface area contributed by atoms with Crippen LogP contribution in [0.25, 0.3) is 0 Å². The van der Waals surface area contributed by atoms with Crippen molar-refractivity contribution in [2.45, 2.75) is 0 Å². The van der Waals surface area contributed by atoms with Crippen LogP contribution >= 0.6 is 0 Å². The molecule has 0 amide bonds. The van der Waals surface area contributed by atoms with E-state index in [0.29, 0.717) is 0 Å². The first-order valence-corrected chi connectivity index (χ1v) is 3.74. The molecule has 0 saturated carbocycles. The van der Waals surface area contributed by atoms with E-state index in [1.54, 1.807) is 6.08 Å². The summed E-state index contributed by atoms with van der Waals surface area (Å²) in [6.07, 6.45) is 3.40. The SMILES string of the molecule is [CH-]=CC=[CH][InH]. The van der Waals surface area contributed by atoms with E-state index in [0.717, 1.165) is 24.4 Å². The summed E-state index contributed by atoms with van der Waals surface area (Å²) in [6.45, 7) is 4.95. The minimum atomic E-state index is 0.925. The van der Waals surface area contributed by atoms with Gasteiger partial charge in [-0.1, -0.05) is 0 Å². The molecular weight excluding hydrogens is 163 g/mol. The number of rotatable bonds is 1. The Labute approximate surface area is 47.1 Å². The van der Waals surface area contributed by atoms with Gasteiger partial charge in [0.15, 0.2) is 0 Å². The molecule has 0 unspecified atom stereocenters. The average Bonchev–Trinajstić information content (AvgIpc) is 1.41. The fourth-order valence-corrected chi connectivity index (χ4v) is 0.527. The molecule has 0 nitrogen and oxygen atoms in total. The molecule has 0 aromatic rings. The van der Waals surface area contributed by atoms with Gasteiger partial charge in [-0.15, -0.1) is 0 Å². The molecule has 0 aliphatic heterocycles. The van der Waals surface area contributed by atoms with Crippen LogP contribution < -0.4 is 0 Å². The maximum atomic E-state index is 4.95. The molecule has 0 heterocycles. The Morgan fingerprint density at radius 2 is 2.20 bits per heavy atom. The molecule has 0 spiro atoms. The summed E-state index contributed by atoms with van der Waals surface area (Å²) in [6, 6.07) is 0. The fourth-order valence-electron chi connectivity index (χ4n) is 0.0786. The van der Waals surface area contributed by atoms with E-state index in [2.05, 4.69) is 0 Å². The van der Waals surface area contributed by atoms with Crippen LogP contribution in [-0.4, -0.2) is 24.4 Å². The van der Waals surface area contributed by atoms with Crippen LogP contribution in [0.1, 0.15) is 0 Å². The van der Waals surface area contributed by atoms with E-state index < -0.39 is 0 Å². The summed E-state index contributed by atoms with van der Waals surface area (Å²) in [5.41, 5.74) is 0. The molecule has 25 valence electrons. The van der Waals surface area contributed by atoms with Crippen LogP contribution in [-0.2, 0) is 0 Å². The number of allylic oxidation sites excluding steroid dienone is 2. The number of hydrogen-bond donors (Lipinski definition) is 0. The first-order valence-electron chi connectivity index (χ1n) is 1.41. The van der Waals surface area contributed by atoms with Crippen LogP contribution in [0, 0.1) is 6.58 Å². The summed E-state index contributed by atoms with van der Waals surface area (Å²) in [4.78, 5) is 0. The van der Waals surface area contributed by atoms with Crippen molar-refractivity contribution in [3.63, 3.8) is 0 Å². The van der Waals surface area contributed by atoms with Crippen molar-refractivity contribution in [2.75, 3.05) is 0 Å².